The molecule has 124 valence electrons. The van der Waals surface area contributed by atoms with Gasteiger partial charge in [0.1, 0.15) is 0 Å². The SMILES string of the molecule is COC(=O)CCc1ccc2ccn(Cc3c(C)cccc3C)c2c1. The van der Waals surface area contributed by atoms with Crippen molar-refractivity contribution in [3.05, 3.63) is 70.9 Å². The molecule has 0 N–H and O–H groups in total. The van der Waals surface area contributed by atoms with Gasteiger partial charge < -0.3 is 9.30 Å². The third-order valence-corrected chi connectivity index (χ3v) is 4.66. The molecule has 0 fully saturated rings. The number of hydrogen-bond acceptors (Lipinski definition) is 2. The van der Waals surface area contributed by atoms with Crippen LogP contribution in [0.25, 0.3) is 10.9 Å². The summed E-state index contributed by atoms with van der Waals surface area (Å²) in [4.78, 5) is 11.4. The van der Waals surface area contributed by atoms with Crippen molar-refractivity contribution in [3.63, 3.8) is 0 Å². The summed E-state index contributed by atoms with van der Waals surface area (Å²) in [6.45, 7) is 5.19. The van der Waals surface area contributed by atoms with E-state index in [2.05, 4.69) is 67.1 Å². The highest BCUT2D eigenvalue weighted by atomic mass is 16.5. The number of aromatic nitrogens is 1. The Morgan fingerprint density at radius 1 is 1.08 bits per heavy atom. The normalized spacial score (nSPS) is 11.0. The van der Waals surface area contributed by atoms with Gasteiger partial charge in [0.25, 0.3) is 0 Å². The molecule has 0 saturated heterocycles. The minimum absolute atomic E-state index is 0.166. The Morgan fingerprint density at radius 3 is 2.54 bits per heavy atom. The van der Waals surface area contributed by atoms with Crippen molar-refractivity contribution in [2.24, 2.45) is 0 Å². The van der Waals surface area contributed by atoms with Crippen molar-refractivity contribution in [1.82, 2.24) is 4.57 Å². The maximum Gasteiger partial charge on any atom is 0.305 e. The van der Waals surface area contributed by atoms with Crippen LogP contribution in [0.1, 0.15) is 28.7 Å². The van der Waals surface area contributed by atoms with E-state index in [1.165, 1.54) is 34.7 Å². The average Bonchev–Trinajstić information content (AvgIpc) is 2.98. The van der Waals surface area contributed by atoms with Crippen LogP contribution in [-0.2, 0) is 22.5 Å². The lowest BCUT2D eigenvalue weighted by Gasteiger charge is -2.12. The minimum atomic E-state index is -0.166. The van der Waals surface area contributed by atoms with E-state index in [1.807, 2.05) is 0 Å². The van der Waals surface area contributed by atoms with Crippen molar-refractivity contribution in [1.29, 1.82) is 0 Å². The monoisotopic (exact) mass is 321 g/mol. The summed E-state index contributed by atoms with van der Waals surface area (Å²) in [5.74, 6) is -0.166. The molecule has 0 amide bonds. The maximum atomic E-state index is 11.4. The first-order chi connectivity index (χ1) is 11.6. The molecule has 2 aromatic carbocycles. The number of rotatable bonds is 5. The smallest absolute Gasteiger partial charge is 0.305 e. The largest absolute Gasteiger partial charge is 0.469 e. The summed E-state index contributed by atoms with van der Waals surface area (Å²) in [7, 11) is 1.43. The molecule has 1 heterocycles. The molecule has 3 aromatic rings. The first-order valence-corrected chi connectivity index (χ1v) is 8.28. The van der Waals surface area contributed by atoms with E-state index in [-0.39, 0.29) is 5.97 Å². The van der Waals surface area contributed by atoms with Gasteiger partial charge in [-0.2, -0.15) is 0 Å². The first-order valence-electron chi connectivity index (χ1n) is 8.28. The second-order valence-corrected chi connectivity index (χ2v) is 6.28. The zero-order valence-electron chi connectivity index (χ0n) is 14.5. The third kappa shape index (κ3) is 3.35. The number of nitrogens with zero attached hydrogens (tertiary/aromatic N) is 1. The van der Waals surface area contributed by atoms with E-state index in [0.29, 0.717) is 12.8 Å². The van der Waals surface area contributed by atoms with Gasteiger partial charge in [0, 0.05) is 24.7 Å². The van der Waals surface area contributed by atoms with Gasteiger partial charge in [-0.15, -0.1) is 0 Å². The van der Waals surface area contributed by atoms with Gasteiger partial charge in [-0.05, 0) is 60.0 Å². The zero-order valence-corrected chi connectivity index (χ0v) is 14.5. The van der Waals surface area contributed by atoms with Crippen molar-refractivity contribution in [3.8, 4) is 0 Å². The number of esters is 1. The van der Waals surface area contributed by atoms with Gasteiger partial charge in [0.05, 0.1) is 7.11 Å². The number of aryl methyl sites for hydroxylation is 3. The van der Waals surface area contributed by atoms with E-state index in [1.54, 1.807) is 0 Å². The molecule has 0 atom stereocenters. The van der Waals surface area contributed by atoms with E-state index in [0.717, 1.165) is 12.1 Å². The quantitative estimate of drug-likeness (QED) is 0.652. The fourth-order valence-electron chi connectivity index (χ4n) is 3.14. The van der Waals surface area contributed by atoms with Crippen LogP contribution in [0.3, 0.4) is 0 Å². The summed E-state index contributed by atoms with van der Waals surface area (Å²) in [6, 6.07) is 15.0. The Kier molecular flexibility index (Phi) is 4.70. The van der Waals surface area contributed by atoms with Gasteiger partial charge in [-0.3, -0.25) is 4.79 Å². The second-order valence-electron chi connectivity index (χ2n) is 6.28. The fraction of sp³-hybridized carbons (Fsp3) is 0.286. The lowest BCUT2D eigenvalue weighted by atomic mass is 10.0. The summed E-state index contributed by atoms with van der Waals surface area (Å²) in [5, 5.41) is 1.23. The molecule has 1 aromatic heterocycles. The third-order valence-electron chi connectivity index (χ3n) is 4.66. The van der Waals surface area contributed by atoms with Crippen LogP contribution in [0.15, 0.2) is 48.7 Å². The van der Waals surface area contributed by atoms with Crippen molar-refractivity contribution >= 4 is 16.9 Å². The number of hydrogen-bond donors (Lipinski definition) is 0. The molecular weight excluding hydrogens is 298 g/mol. The molecule has 3 nitrogen and oxygen atoms in total. The number of fused-ring (bicyclic) bond motifs is 1. The Labute approximate surface area is 142 Å². The van der Waals surface area contributed by atoms with Crippen molar-refractivity contribution < 1.29 is 9.53 Å². The van der Waals surface area contributed by atoms with E-state index in [9.17, 15) is 4.79 Å². The van der Waals surface area contributed by atoms with E-state index in [4.69, 9.17) is 4.74 Å². The summed E-state index contributed by atoms with van der Waals surface area (Å²) >= 11 is 0. The van der Waals surface area contributed by atoms with Gasteiger partial charge in [-0.1, -0.05) is 30.3 Å². The van der Waals surface area contributed by atoms with Gasteiger partial charge in [0.2, 0.25) is 0 Å². The van der Waals surface area contributed by atoms with Crippen molar-refractivity contribution in [2.75, 3.05) is 7.11 Å². The number of methoxy groups -OCH3 is 1. The van der Waals surface area contributed by atoms with E-state index >= 15 is 0 Å². The van der Waals surface area contributed by atoms with Crippen LogP contribution in [0.2, 0.25) is 0 Å². The number of carbonyl (C=O) groups is 1. The van der Waals surface area contributed by atoms with E-state index < -0.39 is 0 Å². The Bertz CT molecular complexity index is 856. The highest BCUT2D eigenvalue weighted by molar-refractivity contribution is 5.81. The number of ether oxygens (including phenoxy) is 1. The predicted octanol–water partition coefficient (Wildman–Crippen LogP) is 4.41. The number of carbonyl (C=O) groups excluding carboxylic acids is 1. The summed E-state index contributed by atoms with van der Waals surface area (Å²) in [6.07, 6.45) is 3.26. The second kappa shape index (κ2) is 6.91. The number of benzene rings is 2. The molecule has 3 heteroatoms. The zero-order chi connectivity index (χ0) is 17.1. The Morgan fingerprint density at radius 2 is 1.83 bits per heavy atom. The standard InChI is InChI=1S/C21H23NO2/c1-15-5-4-6-16(2)19(15)14-22-12-11-18-9-7-17(13-20(18)22)8-10-21(23)24-3/h4-7,9,11-13H,8,10,14H2,1-3H3. The first kappa shape index (κ1) is 16.3. The van der Waals surface area contributed by atoms with Crippen LogP contribution < -0.4 is 0 Å². The topological polar surface area (TPSA) is 31.2 Å². The van der Waals surface area contributed by atoms with Gasteiger partial charge in [0.15, 0.2) is 0 Å². The molecule has 0 aliphatic rings. The van der Waals surface area contributed by atoms with Gasteiger partial charge >= 0.3 is 5.97 Å². The highest BCUT2D eigenvalue weighted by Crippen LogP contribution is 2.22. The summed E-state index contributed by atoms with van der Waals surface area (Å²) in [5.41, 5.74) is 6.38. The summed E-state index contributed by atoms with van der Waals surface area (Å²) < 4.78 is 7.01. The molecule has 3 rings (SSSR count). The molecule has 0 bridgehead atoms. The van der Waals surface area contributed by atoms with Crippen LogP contribution in [0, 0.1) is 13.8 Å². The highest BCUT2D eigenvalue weighted by Gasteiger charge is 2.08. The molecule has 0 spiro atoms. The molecule has 24 heavy (non-hydrogen) atoms. The van der Waals surface area contributed by atoms with Crippen LogP contribution in [0.5, 0.6) is 0 Å². The predicted molar refractivity (Wildman–Crippen MR) is 97.3 cm³/mol. The Balaban J connectivity index is 1.90. The molecule has 0 aliphatic heterocycles. The van der Waals surface area contributed by atoms with Crippen molar-refractivity contribution in [2.45, 2.75) is 33.2 Å². The lowest BCUT2D eigenvalue weighted by molar-refractivity contribution is -0.140. The average molecular weight is 321 g/mol. The Hall–Kier alpha value is -2.55. The molecule has 0 aliphatic carbocycles. The van der Waals surface area contributed by atoms with Crippen LogP contribution >= 0.6 is 0 Å². The van der Waals surface area contributed by atoms with Crippen LogP contribution in [0.4, 0.5) is 0 Å². The van der Waals surface area contributed by atoms with Gasteiger partial charge in [-0.25, -0.2) is 0 Å². The lowest BCUT2D eigenvalue weighted by Crippen LogP contribution is -2.03. The van der Waals surface area contributed by atoms with Crippen LogP contribution in [-0.4, -0.2) is 17.6 Å². The maximum absolute atomic E-state index is 11.4. The molecular formula is C21H23NO2. The fourth-order valence-corrected chi connectivity index (χ4v) is 3.14. The molecule has 0 radical (unpaired) electrons. The minimum Gasteiger partial charge on any atom is -0.469 e. The molecule has 0 unspecified atom stereocenters. The molecule has 0 saturated carbocycles.